The highest BCUT2D eigenvalue weighted by Gasteiger charge is 2.35. The van der Waals surface area contributed by atoms with E-state index in [1.54, 1.807) is 13.2 Å². The second-order valence-corrected chi connectivity index (χ2v) is 5.78. The van der Waals surface area contributed by atoms with Crippen molar-refractivity contribution in [1.29, 1.82) is 0 Å². The molecule has 1 N–H and O–H groups in total. The molecule has 0 saturated carbocycles. The monoisotopic (exact) mass is 331 g/mol. The standard InChI is InChI=1S/C16H18FN5O2/c1-3-4-14-15(23)20-13-7-18-6-12(17)11(13)9-22(14)16(24)10-5-19-21(2)8-10/h5-8,14H,3-4,9H2,1-2H3,(H,20,23)/t14-/m0/s1. The Hall–Kier alpha value is -2.77. The van der Waals surface area contributed by atoms with Gasteiger partial charge in [-0.1, -0.05) is 13.3 Å². The molecule has 0 bridgehead atoms. The molecule has 8 heteroatoms. The molecule has 1 atom stereocenters. The first kappa shape index (κ1) is 16.1. The van der Waals surface area contributed by atoms with Crippen LogP contribution < -0.4 is 5.32 Å². The average Bonchev–Trinajstić information content (AvgIpc) is 2.92. The van der Waals surface area contributed by atoms with Crippen molar-refractivity contribution >= 4 is 17.5 Å². The van der Waals surface area contributed by atoms with E-state index in [0.29, 0.717) is 24.1 Å². The molecule has 2 aromatic rings. The van der Waals surface area contributed by atoms with Crippen molar-refractivity contribution in [3.8, 4) is 0 Å². The summed E-state index contributed by atoms with van der Waals surface area (Å²) in [4.78, 5) is 30.6. The summed E-state index contributed by atoms with van der Waals surface area (Å²) in [6.07, 6.45) is 6.71. The van der Waals surface area contributed by atoms with E-state index in [4.69, 9.17) is 0 Å². The molecule has 0 spiro atoms. The summed E-state index contributed by atoms with van der Waals surface area (Å²) in [7, 11) is 1.70. The maximum Gasteiger partial charge on any atom is 0.258 e. The Balaban J connectivity index is 2.03. The summed E-state index contributed by atoms with van der Waals surface area (Å²) in [5.41, 5.74) is 0.932. The number of hydrogen-bond acceptors (Lipinski definition) is 4. The van der Waals surface area contributed by atoms with Gasteiger partial charge in [-0.15, -0.1) is 0 Å². The maximum absolute atomic E-state index is 14.2. The lowest BCUT2D eigenvalue weighted by Gasteiger charge is -2.28. The van der Waals surface area contributed by atoms with Crippen LogP contribution in [0, 0.1) is 5.82 Å². The van der Waals surface area contributed by atoms with Gasteiger partial charge in [0, 0.05) is 18.8 Å². The van der Waals surface area contributed by atoms with Crippen LogP contribution in [0.1, 0.15) is 35.7 Å². The molecule has 3 heterocycles. The quantitative estimate of drug-likeness (QED) is 0.928. The number of amides is 2. The van der Waals surface area contributed by atoms with E-state index >= 15 is 0 Å². The third-order valence-electron chi connectivity index (χ3n) is 4.04. The van der Waals surface area contributed by atoms with Gasteiger partial charge < -0.3 is 10.2 Å². The van der Waals surface area contributed by atoms with Crippen molar-refractivity contribution < 1.29 is 14.0 Å². The molecule has 0 unspecified atom stereocenters. The predicted octanol–water partition coefficient (Wildman–Crippen LogP) is 1.72. The number of nitrogens with zero attached hydrogens (tertiary/aromatic N) is 4. The zero-order valence-electron chi connectivity index (χ0n) is 13.5. The van der Waals surface area contributed by atoms with Gasteiger partial charge in [0.2, 0.25) is 5.91 Å². The SMILES string of the molecule is CCC[C@H]1C(=O)Nc2cncc(F)c2CN1C(=O)c1cnn(C)c1. The smallest absolute Gasteiger partial charge is 0.258 e. The van der Waals surface area contributed by atoms with Gasteiger partial charge in [0.1, 0.15) is 11.9 Å². The van der Waals surface area contributed by atoms with Gasteiger partial charge in [-0.3, -0.25) is 19.3 Å². The average molecular weight is 331 g/mol. The Morgan fingerprint density at radius 3 is 2.88 bits per heavy atom. The largest absolute Gasteiger partial charge is 0.323 e. The number of halogens is 1. The van der Waals surface area contributed by atoms with E-state index in [2.05, 4.69) is 15.4 Å². The highest BCUT2D eigenvalue weighted by atomic mass is 19.1. The molecule has 0 aliphatic carbocycles. The number of hydrogen-bond donors (Lipinski definition) is 1. The van der Waals surface area contributed by atoms with Crippen molar-refractivity contribution in [2.45, 2.75) is 32.4 Å². The molecule has 3 rings (SSSR count). The van der Waals surface area contributed by atoms with Crippen molar-refractivity contribution in [3.63, 3.8) is 0 Å². The number of anilines is 1. The Kier molecular flexibility index (Phi) is 4.28. The summed E-state index contributed by atoms with van der Waals surface area (Å²) in [6, 6.07) is -0.672. The molecule has 1 aliphatic heterocycles. The zero-order valence-corrected chi connectivity index (χ0v) is 13.5. The van der Waals surface area contributed by atoms with Crippen LogP contribution in [-0.2, 0) is 18.4 Å². The summed E-state index contributed by atoms with van der Waals surface area (Å²) in [5.74, 6) is -1.23. The molecule has 0 aromatic carbocycles. The Bertz CT molecular complexity index is 789. The maximum atomic E-state index is 14.2. The highest BCUT2D eigenvalue weighted by molar-refractivity contribution is 6.02. The van der Waals surface area contributed by atoms with Crippen LogP contribution in [0.2, 0.25) is 0 Å². The number of carbonyl (C=O) groups is 2. The third-order valence-corrected chi connectivity index (χ3v) is 4.04. The van der Waals surface area contributed by atoms with Gasteiger partial charge >= 0.3 is 0 Å². The molecule has 0 saturated heterocycles. The molecule has 24 heavy (non-hydrogen) atoms. The summed E-state index contributed by atoms with van der Waals surface area (Å²) < 4.78 is 15.7. The summed E-state index contributed by atoms with van der Waals surface area (Å²) >= 11 is 0. The van der Waals surface area contributed by atoms with Crippen molar-refractivity contribution in [2.24, 2.45) is 7.05 Å². The Labute approximate surface area is 138 Å². The third kappa shape index (κ3) is 2.86. The molecule has 7 nitrogen and oxygen atoms in total. The molecule has 2 aromatic heterocycles. The van der Waals surface area contributed by atoms with Gasteiger partial charge in [-0.25, -0.2) is 4.39 Å². The summed E-state index contributed by atoms with van der Waals surface area (Å²) in [5, 5.41) is 6.68. The van der Waals surface area contributed by atoms with Crippen LogP contribution in [0.4, 0.5) is 10.1 Å². The molecule has 0 radical (unpaired) electrons. The number of fused-ring (bicyclic) bond motifs is 1. The van der Waals surface area contributed by atoms with Crippen molar-refractivity contribution in [1.82, 2.24) is 19.7 Å². The van der Waals surface area contributed by atoms with Crippen LogP contribution in [0.3, 0.4) is 0 Å². The number of nitrogens with one attached hydrogen (secondary N) is 1. The summed E-state index contributed by atoms with van der Waals surface area (Å²) in [6.45, 7) is 1.93. The zero-order chi connectivity index (χ0) is 17.3. The number of carbonyl (C=O) groups excluding carboxylic acids is 2. The number of aryl methyl sites for hydroxylation is 1. The van der Waals surface area contributed by atoms with E-state index in [1.165, 1.54) is 22.0 Å². The Morgan fingerprint density at radius 1 is 1.42 bits per heavy atom. The van der Waals surface area contributed by atoms with Crippen LogP contribution in [-0.4, -0.2) is 37.5 Å². The first-order valence-electron chi connectivity index (χ1n) is 7.74. The van der Waals surface area contributed by atoms with Crippen LogP contribution in [0.15, 0.2) is 24.8 Å². The Morgan fingerprint density at radius 2 is 2.21 bits per heavy atom. The highest BCUT2D eigenvalue weighted by Crippen LogP contribution is 2.27. The van der Waals surface area contributed by atoms with Crippen LogP contribution in [0.25, 0.3) is 0 Å². The van der Waals surface area contributed by atoms with Crippen LogP contribution >= 0.6 is 0 Å². The van der Waals surface area contributed by atoms with E-state index in [1.807, 2.05) is 6.92 Å². The van der Waals surface area contributed by atoms with Crippen molar-refractivity contribution in [2.75, 3.05) is 5.32 Å². The normalized spacial score (nSPS) is 17.2. The van der Waals surface area contributed by atoms with E-state index in [9.17, 15) is 14.0 Å². The molecular formula is C16H18FN5O2. The molecular weight excluding hydrogens is 313 g/mol. The second kappa shape index (κ2) is 6.38. The number of aromatic nitrogens is 3. The molecule has 1 aliphatic rings. The van der Waals surface area contributed by atoms with Crippen LogP contribution in [0.5, 0.6) is 0 Å². The predicted molar refractivity (Wildman–Crippen MR) is 84.6 cm³/mol. The fourth-order valence-corrected chi connectivity index (χ4v) is 2.84. The minimum atomic E-state index is -0.672. The lowest BCUT2D eigenvalue weighted by Crippen LogP contribution is -2.45. The lowest BCUT2D eigenvalue weighted by molar-refractivity contribution is -0.120. The van der Waals surface area contributed by atoms with E-state index < -0.39 is 11.9 Å². The van der Waals surface area contributed by atoms with E-state index in [0.717, 1.165) is 6.20 Å². The fraction of sp³-hybridized carbons (Fsp3) is 0.375. The molecule has 0 fully saturated rings. The first-order chi connectivity index (χ1) is 11.5. The van der Waals surface area contributed by atoms with Crippen molar-refractivity contribution in [3.05, 3.63) is 41.7 Å². The molecule has 126 valence electrons. The van der Waals surface area contributed by atoms with E-state index in [-0.39, 0.29) is 23.9 Å². The van der Waals surface area contributed by atoms with Gasteiger partial charge in [-0.05, 0) is 6.42 Å². The van der Waals surface area contributed by atoms with Gasteiger partial charge in [0.15, 0.2) is 0 Å². The first-order valence-corrected chi connectivity index (χ1v) is 7.74. The fourth-order valence-electron chi connectivity index (χ4n) is 2.84. The minimum Gasteiger partial charge on any atom is -0.323 e. The lowest BCUT2D eigenvalue weighted by atomic mass is 10.1. The number of pyridine rings is 1. The van der Waals surface area contributed by atoms with Gasteiger partial charge in [0.05, 0.1) is 36.4 Å². The topological polar surface area (TPSA) is 80.1 Å². The molecule has 2 amide bonds. The second-order valence-electron chi connectivity index (χ2n) is 5.78. The minimum absolute atomic E-state index is 0.000814. The van der Waals surface area contributed by atoms with Gasteiger partial charge in [0.25, 0.3) is 5.91 Å². The van der Waals surface area contributed by atoms with Gasteiger partial charge in [-0.2, -0.15) is 5.10 Å². The number of rotatable bonds is 3.